The van der Waals surface area contributed by atoms with Crippen LogP contribution in [-0.2, 0) is 4.74 Å². The van der Waals surface area contributed by atoms with Crippen molar-refractivity contribution in [3.63, 3.8) is 0 Å². The fourth-order valence-corrected chi connectivity index (χ4v) is 2.85. The SMILES string of the molecule is COC(=O)c1ccc(NC(=O)NCCC2CCCCC2)cc1. The predicted molar refractivity (Wildman–Crippen MR) is 86.0 cm³/mol. The normalized spacial score (nSPS) is 15.1. The van der Waals surface area contributed by atoms with Crippen LogP contribution >= 0.6 is 0 Å². The van der Waals surface area contributed by atoms with E-state index in [-0.39, 0.29) is 12.0 Å². The Bertz CT molecular complexity index is 493. The summed E-state index contributed by atoms with van der Waals surface area (Å²) in [5.41, 5.74) is 1.12. The Hall–Kier alpha value is -2.04. The van der Waals surface area contributed by atoms with Crippen molar-refractivity contribution in [2.75, 3.05) is 19.0 Å². The van der Waals surface area contributed by atoms with Crippen molar-refractivity contribution in [1.29, 1.82) is 0 Å². The number of urea groups is 1. The van der Waals surface area contributed by atoms with Gasteiger partial charge in [0.15, 0.2) is 0 Å². The number of hydrogen-bond acceptors (Lipinski definition) is 3. The van der Waals surface area contributed by atoms with Crippen LogP contribution in [0, 0.1) is 5.92 Å². The molecule has 0 saturated heterocycles. The molecule has 0 bridgehead atoms. The Morgan fingerprint density at radius 1 is 1.14 bits per heavy atom. The highest BCUT2D eigenvalue weighted by Gasteiger charge is 2.13. The predicted octanol–water partition coefficient (Wildman–Crippen LogP) is 3.57. The first kappa shape index (κ1) is 16.3. The zero-order chi connectivity index (χ0) is 15.8. The van der Waals surface area contributed by atoms with Crippen molar-refractivity contribution in [3.8, 4) is 0 Å². The topological polar surface area (TPSA) is 67.4 Å². The number of ether oxygens (including phenoxy) is 1. The molecule has 5 nitrogen and oxygen atoms in total. The van der Waals surface area contributed by atoms with Crippen LogP contribution in [0.3, 0.4) is 0 Å². The van der Waals surface area contributed by atoms with Crippen molar-refractivity contribution in [2.24, 2.45) is 5.92 Å². The van der Waals surface area contributed by atoms with E-state index in [2.05, 4.69) is 15.4 Å². The molecule has 120 valence electrons. The number of anilines is 1. The van der Waals surface area contributed by atoms with Crippen LogP contribution in [0.25, 0.3) is 0 Å². The van der Waals surface area contributed by atoms with Crippen molar-refractivity contribution in [1.82, 2.24) is 5.32 Å². The van der Waals surface area contributed by atoms with Gasteiger partial charge in [0.25, 0.3) is 0 Å². The van der Waals surface area contributed by atoms with E-state index in [1.807, 2.05) is 0 Å². The number of hydrogen-bond donors (Lipinski definition) is 2. The Morgan fingerprint density at radius 3 is 2.45 bits per heavy atom. The lowest BCUT2D eigenvalue weighted by molar-refractivity contribution is 0.0601. The van der Waals surface area contributed by atoms with E-state index in [9.17, 15) is 9.59 Å². The minimum absolute atomic E-state index is 0.207. The van der Waals surface area contributed by atoms with Gasteiger partial charge < -0.3 is 15.4 Å². The number of nitrogens with one attached hydrogen (secondary N) is 2. The number of methoxy groups -OCH3 is 1. The smallest absolute Gasteiger partial charge is 0.337 e. The van der Waals surface area contributed by atoms with Crippen molar-refractivity contribution in [2.45, 2.75) is 38.5 Å². The summed E-state index contributed by atoms with van der Waals surface area (Å²) in [4.78, 5) is 23.1. The Labute approximate surface area is 131 Å². The zero-order valence-corrected chi connectivity index (χ0v) is 13.1. The number of esters is 1. The van der Waals surface area contributed by atoms with Crippen LogP contribution in [0.1, 0.15) is 48.9 Å². The lowest BCUT2D eigenvalue weighted by atomic mass is 9.87. The summed E-state index contributed by atoms with van der Waals surface area (Å²) >= 11 is 0. The van der Waals surface area contributed by atoms with Crippen molar-refractivity contribution in [3.05, 3.63) is 29.8 Å². The van der Waals surface area contributed by atoms with E-state index in [1.165, 1.54) is 39.2 Å². The molecular formula is C17H24N2O3. The molecule has 0 aliphatic heterocycles. The van der Waals surface area contributed by atoms with E-state index >= 15 is 0 Å². The lowest BCUT2D eigenvalue weighted by Gasteiger charge is -2.21. The quantitative estimate of drug-likeness (QED) is 0.817. The molecule has 1 aromatic rings. The highest BCUT2D eigenvalue weighted by Crippen LogP contribution is 2.25. The summed E-state index contributed by atoms with van der Waals surface area (Å²) in [6.45, 7) is 0.705. The second-order valence-electron chi connectivity index (χ2n) is 5.74. The van der Waals surface area contributed by atoms with E-state index in [0.717, 1.165) is 12.3 Å². The van der Waals surface area contributed by atoms with Gasteiger partial charge in [-0.05, 0) is 36.6 Å². The van der Waals surface area contributed by atoms with E-state index in [0.29, 0.717) is 17.8 Å². The van der Waals surface area contributed by atoms with Crippen molar-refractivity contribution < 1.29 is 14.3 Å². The minimum Gasteiger partial charge on any atom is -0.465 e. The summed E-state index contributed by atoms with van der Waals surface area (Å²) in [5, 5.41) is 5.65. The molecule has 2 rings (SSSR count). The van der Waals surface area contributed by atoms with Crippen molar-refractivity contribution >= 4 is 17.7 Å². The summed E-state index contributed by atoms with van der Waals surface area (Å²) in [7, 11) is 1.34. The third-order valence-corrected chi connectivity index (χ3v) is 4.13. The molecule has 0 aromatic heterocycles. The van der Waals surface area contributed by atoms with Gasteiger partial charge in [0, 0.05) is 12.2 Å². The largest absolute Gasteiger partial charge is 0.465 e. The first-order valence-corrected chi connectivity index (χ1v) is 7.92. The molecule has 0 spiro atoms. The van der Waals surface area contributed by atoms with Gasteiger partial charge in [0.05, 0.1) is 12.7 Å². The van der Waals surface area contributed by atoms with Gasteiger partial charge in [-0.15, -0.1) is 0 Å². The maximum absolute atomic E-state index is 11.8. The zero-order valence-electron chi connectivity index (χ0n) is 13.1. The third-order valence-electron chi connectivity index (χ3n) is 4.13. The van der Waals surface area contributed by atoms with Gasteiger partial charge >= 0.3 is 12.0 Å². The van der Waals surface area contributed by atoms with Gasteiger partial charge in [-0.25, -0.2) is 9.59 Å². The standard InChI is InChI=1S/C17H24N2O3/c1-22-16(20)14-7-9-15(10-8-14)19-17(21)18-12-11-13-5-3-2-4-6-13/h7-10,13H,2-6,11-12H2,1H3,(H2,18,19,21). The molecular weight excluding hydrogens is 280 g/mol. The highest BCUT2D eigenvalue weighted by molar-refractivity contribution is 5.92. The molecule has 0 unspecified atom stereocenters. The van der Waals surface area contributed by atoms with Crippen LogP contribution < -0.4 is 10.6 Å². The Morgan fingerprint density at radius 2 is 1.82 bits per heavy atom. The van der Waals surface area contributed by atoms with E-state index in [4.69, 9.17) is 0 Å². The number of carbonyl (C=O) groups excluding carboxylic acids is 2. The van der Waals surface area contributed by atoms with E-state index in [1.54, 1.807) is 24.3 Å². The van der Waals surface area contributed by atoms with Crippen LogP contribution in [0.4, 0.5) is 10.5 Å². The summed E-state index contributed by atoms with van der Waals surface area (Å²) in [5.74, 6) is 0.372. The summed E-state index contributed by atoms with van der Waals surface area (Å²) in [6, 6.07) is 6.43. The van der Waals surface area contributed by atoms with Crippen LogP contribution in [0.2, 0.25) is 0 Å². The molecule has 1 fully saturated rings. The minimum atomic E-state index is -0.386. The van der Waals surface area contributed by atoms with Crippen LogP contribution in [0.5, 0.6) is 0 Å². The van der Waals surface area contributed by atoms with Gasteiger partial charge in [-0.3, -0.25) is 0 Å². The lowest BCUT2D eigenvalue weighted by Crippen LogP contribution is -2.30. The molecule has 0 radical (unpaired) electrons. The van der Waals surface area contributed by atoms with Gasteiger partial charge in [-0.1, -0.05) is 32.1 Å². The average molecular weight is 304 g/mol. The Balaban J connectivity index is 1.71. The van der Waals surface area contributed by atoms with Crippen LogP contribution in [-0.4, -0.2) is 25.7 Å². The second-order valence-corrected chi connectivity index (χ2v) is 5.74. The molecule has 2 N–H and O–H groups in total. The Kier molecular flexibility index (Phi) is 6.25. The third kappa shape index (κ3) is 5.06. The summed E-state index contributed by atoms with van der Waals surface area (Å²) in [6.07, 6.45) is 7.63. The molecule has 1 saturated carbocycles. The van der Waals surface area contributed by atoms with Gasteiger partial charge in [0.1, 0.15) is 0 Å². The highest BCUT2D eigenvalue weighted by atomic mass is 16.5. The molecule has 1 aromatic carbocycles. The van der Waals surface area contributed by atoms with Gasteiger partial charge in [0.2, 0.25) is 0 Å². The molecule has 5 heteroatoms. The summed E-state index contributed by atoms with van der Waals surface area (Å²) < 4.78 is 4.63. The molecule has 0 atom stereocenters. The second kappa shape index (κ2) is 8.41. The molecule has 1 aliphatic carbocycles. The first-order chi connectivity index (χ1) is 10.7. The average Bonchev–Trinajstić information content (AvgIpc) is 2.56. The maximum Gasteiger partial charge on any atom is 0.337 e. The number of amides is 2. The first-order valence-electron chi connectivity index (χ1n) is 7.92. The fourth-order valence-electron chi connectivity index (χ4n) is 2.85. The van der Waals surface area contributed by atoms with Gasteiger partial charge in [-0.2, -0.15) is 0 Å². The molecule has 0 heterocycles. The number of rotatable bonds is 5. The van der Waals surface area contributed by atoms with E-state index < -0.39 is 0 Å². The fraction of sp³-hybridized carbons (Fsp3) is 0.529. The molecule has 2 amide bonds. The molecule has 1 aliphatic rings. The number of benzene rings is 1. The number of carbonyl (C=O) groups is 2. The molecule has 22 heavy (non-hydrogen) atoms. The van der Waals surface area contributed by atoms with Crippen LogP contribution in [0.15, 0.2) is 24.3 Å². The monoisotopic (exact) mass is 304 g/mol. The maximum atomic E-state index is 11.8.